The minimum atomic E-state index is -0.494. The molecule has 1 heterocycles. The number of anilines is 2. The summed E-state index contributed by atoms with van der Waals surface area (Å²) in [6.07, 6.45) is 1.84. The maximum atomic E-state index is 13.3. The SMILES string of the molecule is CSc1nc(Cl)cc(Nc2ccc(Cl)c(F)c2)n1. The fraction of sp³-hybridized carbons (Fsp3) is 0.0909. The molecule has 0 aliphatic rings. The van der Waals surface area contributed by atoms with Gasteiger partial charge in [-0.25, -0.2) is 14.4 Å². The first kappa shape index (κ1) is 13.4. The molecule has 0 bridgehead atoms. The van der Waals surface area contributed by atoms with E-state index in [1.165, 1.54) is 23.9 Å². The van der Waals surface area contributed by atoms with Crippen LogP contribution in [-0.2, 0) is 0 Å². The molecule has 2 rings (SSSR count). The Hall–Kier alpha value is -1.04. The summed E-state index contributed by atoms with van der Waals surface area (Å²) in [6, 6.07) is 5.97. The van der Waals surface area contributed by atoms with Crippen LogP contribution in [0, 0.1) is 5.82 Å². The fourth-order valence-electron chi connectivity index (χ4n) is 1.27. The van der Waals surface area contributed by atoms with Crippen LogP contribution >= 0.6 is 35.0 Å². The molecule has 3 nitrogen and oxygen atoms in total. The Morgan fingerprint density at radius 1 is 1.22 bits per heavy atom. The number of nitrogens with one attached hydrogen (secondary N) is 1. The molecular weight excluding hydrogens is 296 g/mol. The molecule has 0 amide bonds. The maximum Gasteiger partial charge on any atom is 0.190 e. The van der Waals surface area contributed by atoms with Gasteiger partial charge in [0.1, 0.15) is 16.8 Å². The Morgan fingerprint density at radius 3 is 2.67 bits per heavy atom. The lowest BCUT2D eigenvalue weighted by Crippen LogP contribution is -1.97. The lowest BCUT2D eigenvalue weighted by Gasteiger charge is -2.07. The molecule has 0 radical (unpaired) electrons. The predicted octanol–water partition coefficient (Wildman–Crippen LogP) is 4.39. The molecule has 2 aromatic rings. The predicted molar refractivity (Wildman–Crippen MR) is 73.5 cm³/mol. The smallest absolute Gasteiger partial charge is 0.190 e. The van der Waals surface area contributed by atoms with Crippen LogP contribution in [0.4, 0.5) is 15.9 Å². The first-order valence-corrected chi connectivity index (χ1v) is 6.87. The zero-order valence-corrected chi connectivity index (χ0v) is 11.6. The summed E-state index contributed by atoms with van der Waals surface area (Å²) in [5, 5.41) is 3.88. The van der Waals surface area contributed by atoms with Gasteiger partial charge in [-0.1, -0.05) is 35.0 Å². The van der Waals surface area contributed by atoms with Crippen molar-refractivity contribution in [3.8, 4) is 0 Å². The monoisotopic (exact) mass is 303 g/mol. The van der Waals surface area contributed by atoms with Crippen molar-refractivity contribution in [3.63, 3.8) is 0 Å². The number of hydrogen-bond acceptors (Lipinski definition) is 4. The summed E-state index contributed by atoms with van der Waals surface area (Å²) in [4.78, 5) is 8.21. The first-order valence-electron chi connectivity index (χ1n) is 4.89. The van der Waals surface area contributed by atoms with Crippen LogP contribution in [0.3, 0.4) is 0 Å². The third kappa shape index (κ3) is 3.25. The van der Waals surface area contributed by atoms with Crippen molar-refractivity contribution >= 4 is 46.5 Å². The van der Waals surface area contributed by atoms with Gasteiger partial charge in [-0.2, -0.15) is 0 Å². The molecule has 0 saturated carbocycles. The van der Waals surface area contributed by atoms with Crippen molar-refractivity contribution in [1.82, 2.24) is 9.97 Å². The summed E-state index contributed by atoms with van der Waals surface area (Å²) in [7, 11) is 0. The van der Waals surface area contributed by atoms with E-state index in [0.717, 1.165) is 0 Å². The molecule has 0 unspecified atom stereocenters. The van der Waals surface area contributed by atoms with E-state index in [4.69, 9.17) is 23.2 Å². The largest absolute Gasteiger partial charge is 0.340 e. The van der Waals surface area contributed by atoms with Crippen LogP contribution in [0.15, 0.2) is 29.4 Å². The van der Waals surface area contributed by atoms with Gasteiger partial charge in [-0.3, -0.25) is 0 Å². The summed E-state index contributed by atoms with van der Waals surface area (Å²) < 4.78 is 13.3. The normalized spacial score (nSPS) is 10.4. The van der Waals surface area contributed by atoms with Gasteiger partial charge in [0.15, 0.2) is 5.16 Å². The highest BCUT2D eigenvalue weighted by Gasteiger charge is 2.05. The van der Waals surface area contributed by atoms with Crippen molar-refractivity contribution < 1.29 is 4.39 Å². The summed E-state index contributed by atoms with van der Waals surface area (Å²) in [6.45, 7) is 0. The lowest BCUT2D eigenvalue weighted by molar-refractivity contribution is 0.629. The molecule has 7 heteroatoms. The quantitative estimate of drug-likeness (QED) is 0.518. The van der Waals surface area contributed by atoms with E-state index in [0.29, 0.717) is 21.8 Å². The summed E-state index contributed by atoms with van der Waals surface area (Å²) >= 11 is 12.8. The molecule has 0 fully saturated rings. The van der Waals surface area contributed by atoms with E-state index < -0.39 is 5.82 Å². The Balaban J connectivity index is 2.27. The highest BCUT2D eigenvalue weighted by atomic mass is 35.5. The highest BCUT2D eigenvalue weighted by Crippen LogP contribution is 2.23. The second-order valence-corrected chi connectivity index (χ2v) is 4.88. The van der Waals surface area contributed by atoms with E-state index in [1.54, 1.807) is 12.1 Å². The summed E-state index contributed by atoms with van der Waals surface area (Å²) in [5.41, 5.74) is 0.540. The average molecular weight is 304 g/mol. The molecule has 0 aliphatic heterocycles. The van der Waals surface area contributed by atoms with Gasteiger partial charge in [0.2, 0.25) is 0 Å². The van der Waals surface area contributed by atoms with Crippen LogP contribution in [-0.4, -0.2) is 16.2 Å². The minimum Gasteiger partial charge on any atom is -0.340 e. The molecule has 0 saturated heterocycles. The van der Waals surface area contributed by atoms with E-state index in [-0.39, 0.29) is 5.02 Å². The van der Waals surface area contributed by atoms with E-state index in [9.17, 15) is 4.39 Å². The minimum absolute atomic E-state index is 0.0751. The van der Waals surface area contributed by atoms with E-state index >= 15 is 0 Å². The zero-order chi connectivity index (χ0) is 13.1. The van der Waals surface area contributed by atoms with Gasteiger partial charge in [0.05, 0.1) is 5.02 Å². The zero-order valence-electron chi connectivity index (χ0n) is 9.25. The number of nitrogens with zero attached hydrogens (tertiary/aromatic N) is 2. The topological polar surface area (TPSA) is 37.8 Å². The lowest BCUT2D eigenvalue weighted by atomic mass is 10.3. The summed E-state index contributed by atoms with van der Waals surface area (Å²) in [5.74, 6) is 0.00739. The van der Waals surface area contributed by atoms with Crippen molar-refractivity contribution in [2.45, 2.75) is 5.16 Å². The molecule has 18 heavy (non-hydrogen) atoms. The van der Waals surface area contributed by atoms with Crippen LogP contribution in [0.2, 0.25) is 10.2 Å². The molecule has 0 aliphatic carbocycles. The Bertz CT molecular complexity index is 580. The number of rotatable bonds is 3. The third-order valence-corrected chi connectivity index (χ3v) is 3.10. The van der Waals surface area contributed by atoms with Crippen molar-refractivity contribution in [1.29, 1.82) is 0 Å². The van der Waals surface area contributed by atoms with Crippen molar-refractivity contribution in [2.24, 2.45) is 0 Å². The van der Waals surface area contributed by atoms with Gasteiger partial charge in [0.25, 0.3) is 0 Å². The van der Waals surface area contributed by atoms with Gasteiger partial charge in [-0.15, -0.1) is 0 Å². The fourth-order valence-corrected chi connectivity index (χ4v) is 2.00. The van der Waals surface area contributed by atoms with Gasteiger partial charge < -0.3 is 5.32 Å². The first-order chi connectivity index (χ1) is 8.58. The van der Waals surface area contributed by atoms with Crippen LogP contribution in [0.25, 0.3) is 0 Å². The molecule has 1 aromatic heterocycles. The van der Waals surface area contributed by atoms with Crippen LogP contribution in [0.5, 0.6) is 0 Å². The second-order valence-electron chi connectivity index (χ2n) is 3.32. The Kier molecular flexibility index (Phi) is 4.27. The van der Waals surface area contributed by atoms with E-state index in [2.05, 4.69) is 15.3 Å². The Morgan fingerprint density at radius 2 is 2.00 bits per heavy atom. The second kappa shape index (κ2) is 5.73. The highest BCUT2D eigenvalue weighted by molar-refractivity contribution is 7.98. The van der Waals surface area contributed by atoms with Crippen LogP contribution in [0.1, 0.15) is 0 Å². The number of hydrogen-bond donors (Lipinski definition) is 1. The molecule has 94 valence electrons. The van der Waals surface area contributed by atoms with Crippen molar-refractivity contribution in [2.75, 3.05) is 11.6 Å². The molecular formula is C11H8Cl2FN3S. The number of benzene rings is 1. The van der Waals surface area contributed by atoms with Gasteiger partial charge in [0, 0.05) is 11.8 Å². The van der Waals surface area contributed by atoms with E-state index in [1.807, 2.05) is 6.26 Å². The third-order valence-electron chi connectivity index (χ3n) is 2.05. The molecule has 0 atom stereocenters. The average Bonchev–Trinajstić information content (AvgIpc) is 2.33. The van der Waals surface area contributed by atoms with Gasteiger partial charge in [-0.05, 0) is 24.5 Å². The number of aromatic nitrogens is 2. The number of halogens is 3. The maximum absolute atomic E-state index is 13.3. The number of thioether (sulfide) groups is 1. The van der Waals surface area contributed by atoms with Gasteiger partial charge >= 0.3 is 0 Å². The van der Waals surface area contributed by atoms with Crippen LogP contribution < -0.4 is 5.32 Å². The molecule has 0 spiro atoms. The molecule has 1 N–H and O–H groups in total. The molecule has 1 aromatic carbocycles. The van der Waals surface area contributed by atoms with Crippen molar-refractivity contribution in [3.05, 3.63) is 40.3 Å². The standard InChI is InChI=1S/C11H8Cl2FN3S/c1-18-11-16-9(13)5-10(17-11)15-6-2-3-7(12)8(14)4-6/h2-5H,1H3,(H,15,16,17). The Labute approximate surface area is 118 Å².